The van der Waals surface area contributed by atoms with E-state index in [1.807, 2.05) is 0 Å². The SMILES string of the molecule is C/C(=N\NC(=O)C1CCCCC1)C1CCCCC1. The van der Waals surface area contributed by atoms with Crippen LogP contribution in [0.25, 0.3) is 0 Å². The average Bonchev–Trinajstić information content (AvgIpc) is 2.46. The van der Waals surface area contributed by atoms with E-state index in [4.69, 9.17) is 0 Å². The molecule has 2 aliphatic rings. The molecule has 18 heavy (non-hydrogen) atoms. The molecule has 0 radical (unpaired) electrons. The largest absolute Gasteiger partial charge is 0.273 e. The molecule has 0 aromatic rings. The highest BCUT2D eigenvalue weighted by Crippen LogP contribution is 2.25. The zero-order valence-electron chi connectivity index (χ0n) is 11.6. The molecule has 0 bridgehead atoms. The molecule has 0 aromatic heterocycles. The van der Waals surface area contributed by atoms with Gasteiger partial charge in [-0.25, -0.2) is 5.43 Å². The maximum Gasteiger partial charge on any atom is 0.243 e. The molecule has 2 saturated carbocycles. The summed E-state index contributed by atoms with van der Waals surface area (Å²) in [5.74, 6) is 0.955. The molecule has 0 atom stereocenters. The van der Waals surface area contributed by atoms with Crippen molar-refractivity contribution in [3.63, 3.8) is 0 Å². The summed E-state index contributed by atoms with van der Waals surface area (Å²) in [6.07, 6.45) is 12.2. The Morgan fingerprint density at radius 1 is 0.889 bits per heavy atom. The van der Waals surface area contributed by atoms with Crippen LogP contribution in [0.15, 0.2) is 5.10 Å². The van der Waals surface area contributed by atoms with E-state index in [1.54, 1.807) is 0 Å². The lowest BCUT2D eigenvalue weighted by Crippen LogP contribution is -2.30. The Balaban J connectivity index is 1.79. The number of rotatable bonds is 3. The van der Waals surface area contributed by atoms with Crippen molar-refractivity contribution >= 4 is 11.6 Å². The first-order chi connectivity index (χ1) is 8.77. The third kappa shape index (κ3) is 3.82. The zero-order valence-corrected chi connectivity index (χ0v) is 11.6. The summed E-state index contributed by atoms with van der Waals surface area (Å²) in [7, 11) is 0. The zero-order chi connectivity index (χ0) is 12.8. The molecule has 3 heteroatoms. The van der Waals surface area contributed by atoms with Gasteiger partial charge in [0.1, 0.15) is 0 Å². The molecule has 0 spiro atoms. The topological polar surface area (TPSA) is 41.5 Å². The number of hydrogen-bond acceptors (Lipinski definition) is 2. The van der Waals surface area contributed by atoms with Gasteiger partial charge in [0, 0.05) is 11.6 Å². The Bertz CT molecular complexity index is 300. The highest BCUT2D eigenvalue weighted by atomic mass is 16.2. The van der Waals surface area contributed by atoms with Gasteiger partial charge in [0.15, 0.2) is 0 Å². The molecule has 0 aliphatic heterocycles. The number of carbonyl (C=O) groups is 1. The van der Waals surface area contributed by atoms with Crippen LogP contribution in [0.2, 0.25) is 0 Å². The van der Waals surface area contributed by atoms with Gasteiger partial charge in [-0.2, -0.15) is 5.10 Å². The first-order valence-electron chi connectivity index (χ1n) is 7.61. The minimum Gasteiger partial charge on any atom is -0.273 e. The lowest BCUT2D eigenvalue weighted by atomic mass is 9.86. The Kier molecular flexibility index (Phi) is 5.21. The lowest BCUT2D eigenvalue weighted by Gasteiger charge is -2.22. The minimum atomic E-state index is 0.143. The van der Waals surface area contributed by atoms with Crippen LogP contribution >= 0.6 is 0 Å². The Morgan fingerprint density at radius 3 is 1.94 bits per heavy atom. The van der Waals surface area contributed by atoms with E-state index in [0.717, 1.165) is 18.6 Å². The summed E-state index contributed by atoms with van der Waals surface area (Å²) >= 11 is 0. The molecule has 1 N–H and O–H groups in total. The Hall–Kier alpha value is -0.860. The molecular formula is C15H26N2O. The third-order valence-electron chi connectivity index (χ3n) is 4.51. The van der Waals surface area contributed by atoms with E-state index in [-0.39, 0.29) is 11.8 Å². The smallest absolute Gasteiger partial charge is 0.243 e. The van der Waals surface area contributed by atoms with Crippen molar-refractivity contribution in [2.24, 2.45) is 16.9 Å². The number of hydrogen-bond donors (Lipinski definition) is 1. The van der Waals surface area contributed by atoms with Crippen LogP contribution in [0.1, 0.15) is 71.1 Å². The molecular weight excluding hydrogens is 224 g/mol. The summed E-state index contributed by atoms with van der Waals surface area (Å²) in [5.41, 5.74) is 3.92. The van der Waals surface area contributed by atoms with Crippen molar-refractivity contribution in [1.29, 1.82) is 0 Å². The van der Waals surface area contributed by atoms with Gasteiger partial charge in [0.05, 0.1) is 0 Å². The third-order valence-corrected chi connectivity index (χ3v) is 4.51. The Morgan fingerprint density at radius 2 is 1.39 bits per heavy atom. The second kappa shape index (κ2) is 6.91. The van der Waals surface area contributed by atoms with Crippen molar-refractivity contribution in [1.82, 2.24) is 5.43 Å². The molecule has 0 unspecified atom stereocenters. The summed E-state index contributed by atoms with van der Waals surface area (Å²) in [6.45, 7) is 2.07. The van der Waals surface area contributed by atoms with Crippen molar-refractivity contribution < 1.29 is 4.79 Å². The van der Waals surface area contributed by atoms with Gasteiger partial charge >= 0.3 is 0 Å². The van der Waals surface area contributed by atoms with E-state index < -0.39 is 0 Å². The van der Waals surface area contributed by atoms with Crippen LogP contribution in [0.3, 0.4) is 0 Å². The van der Waals surface area contributed by atoms with Gasteiger partial charge < -0.3 is 0 Å². The predicted molar refractivity (Wildman–Crippen MR) is 74.4 cm³/mol. The van der Waals surface area contributed by atoms with E-state index in [1.165, 1.54) is 51.4 Å². The molecule has 2 fully saturated rings. The van der Waals surface area contributed by atoms with Gasteiger partial charge in [-0.1, -0.05) is 38.5 Å². The molecule has 0 heterocycles. The quantitative estimate of drug-likeness (QED) is 0.603. The average molecular weight is 250 g/mol. The molecule has 1 amide bonds. The van der Waals surface area contributed by atoms with E-state index in [0.29, 0.717) is 5.92 Å². The standard InChI is InChI=1S/C15H26N2O/c1-12(13-8-4-2-5-9-13)16-17-15(18)14-10-6-3-7-11-14/h13-14H,2-11H2,1H3,(H,17,18)/b16-12+. The number of nitrogens with one attached hydrogen (secondary N) is 1. The number of hydrazone groups is 1. The summed E-state index contributed by atoms with van der Waals surface area (Å²) in [6, 6.07) is 0. The normalized spacial score (nSPS) is 23.9. The molecule has 0 saturated heterocycles. The van der Waals surface area contributed by atoms with E-state index in [2.05, 4.69) is 17.5 Å². The number of amides is 1. The van der Waals surface area contributed by atoms with Gasteiger partial charge in [-0.05, 0) is 38.5 Å². The molecule has 102 valence electrons. The van der Waals surface area contributed by atoms with Gasteiger partial charge in [-0.3, -0.25) is 4.79 Å². The van der Waals surface area contributed by atoms with Crippen molar-refractivity contribution in [3.8, 4) is 0 Å². The predicted octanol–water partition coefficient (Wildman–Crippen LogP) is 3.64. The van der Waals surface area contributed by atoms with Crippen LogP contribution < -0.4 is 5.43 Å². The van der Waals surface area contributed by atoms with Crippen LogP contribution in [0.5, 0.6) is 0 Å². The number of nitrogens with zero attached hydrogens (tertiary/aromatic N) is 1. The Labute approximate surface area is 110 Å². The van der Waals surface area contributed by atoms with Gasteiger partial charge in [0.25, 0.3) is 0 Å². The second-order valence-corrected chi connectivity index (χ2v) is 5.90. The van der Waals surface area contributed by atoms with Crippen LogP contribution in [-0.4, -0.2) is 11.6 Å². The van der Waals surface area contributed by atoms with Gasteiger partial charge in [0.2, 0.25) is 5.91 Å². The first-order valence-corrected chi connectivity index (χ1v) is 7.61. The second-order valence-electron chi connectivity index (χ2n) is 5.90. The summed E-state index contributed by atoms with van der Waals surface area (Å²) in [5, 5.41) is 4.34. The maximum absolute atomic E-state index is 12.0. The van der Waals surface area contributed by atoms with Crippen LogP contribution in [-0.2, 0) is 4.79 Å². The van der Waals surface area contributed by atoms with Crippen LogP contribution in [0.4, 0.5) is 0 Å². The fourth-order valence-corrected chi connectivity index (χ4v) is 3.21. The lowest BCUT2D eigenvalue weighted by molar-refractivity contribution is -0.125. The minimum absolute atomic E-state index is 0.143. The first kappa shape index (κ1) is 13.6. The molecule has 3 nitrogen and oxygen atoms in total. The fraction of sp³-hybridized carbons (Fsp3) is 0.867. The van der Waals surface area contributed by atoms with Crippen molar-refractivity contribution in [2.75, 3.05) is 0 Å². The number of carbonyl (C=O) groups excluding carboxylic acids is 1. The van der Waals surface area contributed by atoms with Crippen LogP contribution in [0, 0.1) is 11.8 Å². The fourth-order valence-electron chi connectivity index (χ4n) is 3.21. The van der Waals surface area contributed by atoms with Crippen molar-refractivity contribution in [3.05, 3.63) is 0 Å². The molecule has 2 rings (SSSR count). The highest BCUT2D eigenvalue weighted by Gasteiger charge is 2.21. The van der Waals surface area contributed by atoms with E-state index in [9.17, 15) is 4.79 Å². The van der Waals surface area contributed by atoms with Crippen molar-refractivity contribution in [2.45, 2.75) is 71.1 Å². The molecule has 2 aliphatic carbocycles. The molecule has 0 aromatic carbocycles. The summed E-state index contributed by atoms with van der Waals surface area (Å²) in [4.78, 5) is 12.0. The highest BCUT2D eigenvalue weighted by molar-refractivity contribution is 5.86. The van der Waals surface area contributed by atoms with Gasteiger partial charge in [-0.15, -0.1) is 0 Å². The van der Waals surface area contributed by atoms with E-state index >= 15 is 0 Å². The monoisotopic (exact) mass is 250 g/mol. The summed E-state index contributed by atoms with van der Waals surface area (Å²) < 4.78 is 0. The maximum atomic E-state index is 12.0.